The van der Waals surface area contributed by atoms with Crippen LogP contribution in [0.3, 0.4) is 0 Å². The topological polar surface area (TPSA) is 63.9 Å². The molecular formula is C18H23F2N5O. The molecule has 0 N–H and O–H groups in total. The Morgan fingerprint density at radius 2 is 1.96 bits per heavy atom. The van der Waals surface area contributed by atoms with Crippen LogP contribution in [0, 0.1) is 5.92 Å². The summed E-state index contributed by atoms with van der Waals surface area (Å²) < 4.78 is 26.6. The first-order valence-corrected chi connectivity index (χ1v) is 8.86. The van der Waals surface area contributed by atoms with Gasteiger partial charge in [-0.2, -0.15) is 0 Å². The van der Waals surface area contributed by atoms with Crippen LogP contribution in [-0.2, 0) is 6.54 Å². The van der Waals surface area contributed by atoms with Gasteiger partial charge in [-0.15, -0.1) is 0 Å². The predicted molar refractivity (Wildman–Crippen MR) is 94.5 cm³/mol. The number of halogens is 2. The molecule has 3 rings (SSSR count). The van der Waals surface area contributed by atoms with Crippen LogP contribution in [0.4, 0.5) is 14.6 Å². The van der Waals surface area contributed by atoms with Crippen LogP contribution in [0.15, 0.2) is 29.5 Å². The van der Waals surface area contributed by atoms with Crippen LogP contribution >= 0.6 is 0 Å². The van der Waals surface area contributed by atoms with Crippen molar-refractivity contribution < 1.29 is 8.78 Å². The molecule has 1 aliphatic heterocycles. The zero-order valence-electron chi connectivity index (χ0n) is 15.0. The molecule has 0 aromatic carbocycles. The summed E-state index contributed by atoms with van der Waals surface area (Å²) in [6.45, 7) is 6.32. The summed E-state index contributed by atoms with van der Waals surface area (Å²) in [7, 11) is 0. The number of hydrogen-bond donors (Lipinski definition) is 0. The van der Waals surface area contributed by atoms with Gasteiger partial charge in [0.2, 0.25) is 0 Å². The van der Waals surface area contributed by atoms with Gasteiger partial charge in [0, 0.05) is 37.8 Å². The Hall–Kier alpha value is -2.38. The minimum absolute atomic E-state index is 0.281. The summed E-state index contributed by atoms with van der Waals surface area (Å²) in [6.07, 6.45) is 2.12. The number of alkyl halides is 2. The Labute approximate surface area is 150 Å². The quantitative estimate of drug-likeness (QED) is 0.817. The van der Waals surface area contributed by atoms with Gasteiger partial charge in [0.1, 0.15) is 17.3 Å². The molecule has 8 heteroatoms. The number of anilines is 1. The van der Waals surface area contributed by atoms with E-state index in [1.54, 1.807) is 6.20 Å². The van der Waals surface area contributed by atoms with Gasteiger partial charge in [-0.25, -0.2) is 23.7 Å². The molecule has 140 valence electrons. The monoisotopic (exact) mass is 363 g/mol. The van der Waals surface area contributed by atoms with E-state index in [1.807, 2.05) is 6.07 Å². The Kier molecular flexibility index (Phi) is 5.58. The number of nitrogens with zero attached hydrogens (tertiary/aromatic N) is 5. The second-order valence-corrected chi connectivity index (χ2v) is 6.96. The second-order valence-electron chi connectivity index (χ2n) is 6.96. The van der Waals surface area contributed by atoms with Gasteiger partial charge in [-0.3, -0.25) is 9.36 Å². The third-order valence-corrected chi connectivity index (χ3v) is 4.69. The van der Waals surface area contributed by atoms with Gasteiger partial charge < -0.3 is 4.90 Å². The molecule has 0 unspecified atom stereocenters. The van der Waals surface area contributed by atoms with Crippen molar-refractivity contribution >= 4 is 5.82 Å². The maximum absolute atomic E-state index is 12.6. The normalized spacial score (nSPS) is 15.8. The third kappa shape index (κ3) is 4.23. The highest BCUT2D eigenvalue weighted by atomic mass is 19.3. The van der Waals surface area contributed by atoms with E-state index in [4.69, 9.17) is 0 Å². The van der Waals surface area contributed by atoms with Crippen molar-refractivity contribution in [1.82, 2.24) is 19.5 Å². The average molecular weight is 363 g/mol. The SMILES string of the molecule is CC(C)c1nccc(N2CCC(Cn3cnc(C(F)F)cc3=O)CC2)n1. The van der Waals surface area contributed by atoms with E-state index in [9.17, 15) is 13.6 Å². The highest BCUT2D eigenvalue weighted by molar-refractivity contribution is 5.38. The molecule has 0 radical (unpaired) electrons. The van der Waals surface area contributed by atoms with Crippen molar-refractivity contribution in [2.24, 2.45) is 5.92 Å². The smallest absolute Gasteiger partial charge is 0.280 e. The number of hydrogen-bond acceptors (Lipinski definition) is 5. The largest absolute Gasteiger partial charge is 0.356 e. The van der Waals surface area contributed by atoms with Crippen LogP contribution in [0.5, 0.6) is 0 Å². The third-order valence-electron chi connectivity index (χ3n) is 4.69. The molecule has 0 atom stereocenters. The molecule has 2 aromatic heterocycles. The van der Waals surface area contributed by atoms with Gasteiger partial charge in [0.15, 0.2) is 0 Å². The average Bonchev–Trinajstić information content (AvgIpc) is 2.64. The molecule has 0 spiro atoms. The fraction of sp³-hybridized carbons (Fsp3) is 0.556. The molecule has 1 aliphatic rings. The van der Waals surface area contributed by atoms with Crippen LogP contribution in [0.1, 0.15) is 50.6 Å². The first-order valence-electron chi connectivity index (χ1n) is 8.86. The van der Waals surface area contributed by atoms with Crippen molar-refractivity contribution in [3.05, 3.63) is 46.5 Å². The fourth-order valence-electron chi connectivity index (χ4n) is 3.14. The van der Waals surface area contributed by atoms with E-state index in [1.165, 1.54) is 10.9 Å². The fourth-order valence-corrected chi connectivity index (χ4v) is 3.14. The molecule has 26 heavy (non-hydrogen) atoms. The highest BCUT2D eigenvalue weighted by Crippen LogP contribution is 2.23. The second kappa shape index (κ2) is 7.88. The summed E-state index contributed by atoms with van der Waals surface area (Å²) in [4.78, 5) is 26.8. The summed E-state index contributed by atoms with van der Waals surface area (Å²) >= 11 is 0. The van der Waals surface area contributed by atoms with E-state index in [-0.39, 0.29) is 5.92 Å². The van der Waals surface area contributed by atoms with E-state index in [0.717, 1.165) is 43.6 Å². The van der Waals surface area contributed by atoms with Gasteiger partial charge in [0.25, 0.3) is 12.0 Å². The van der Waals surface area contributed by atoms with Crippen molar-refractivity contribution in [2.45, 2.75) is 45.6 Å². The van der Waals surface area contributed by atoms with E-state index >= 15 is 0 Å². The first kappa shape index (κ1) is 18.4. The lowest BCUT2D eigenvalue weighted by molar-refractivity contribution is 0.145. The van der Waals surface area contributed by atoms with E-state index in [0.29, 0.717) is 12.5 Å². The number of aromatic nitrogens is 4. The maximum Gasteiger partial charge on any atom is 0.280 e. The minimum atomic E-state index is -2.72. The molecular weight excluding hydrogens is 340 g/mol. The Morgan fingerprint density at radius 1 is 1.23 bits per heavy atom. The van der Waals surface area contributed by atoms with Crippen LogP contribution in [0.2, 0.25) is 0 Å². The molecule has 2 aromatic rings. The van der Waals surface area contributed by atoms with Crippen LogP contribution in [-0.4, -0.2) is 32.6 Å². The summed E-state index contributed by atoms with van der Waals surface area (Å²) in [6, 6.07) is 2.85. The van der Waals surface area contributed by atoms with Crippen LogP contribution in [0.25, 0.3) is 0 Å². The molecule has 1 fully saturated rings. The lowest BCUT2D eigenvalue weighted by Crippen LogP contribution is -2.37. The van der Waals surface area contributed by atoms with Crippen LogP contribution < -0.4 is 10.5 Å². The van der Waals surface area contributed by atoms with E-state index in [2.05, 4.69) is 33.7 Å². The van der Waals surface area contributed by atoms with E-state index < -0.39 is 17.7 Å². The van der Waals surface area contributed by atoms with Crippen molar-refractivity contribution in [1.29, 1.82) is 0 Å². The molecule has 0 aliphatic carbocycles. The van der Waals surface area contributed by atoms with Crippen molar-refractivity contribution in [3.8, 4) is 0 Å². The Balaban J connectivity index is 1.61. The van der Waals surface area contributed by atoms with Crippen molar-refractivity contribution in [2.75, 3.05) is 18.0 Å². The summed E-state index contributed by atoms with van der Waals surface area (Å²) in [5.41, 5.74) is -0.888. The molecule has 1 saturated heterocycles. The summed E-state index contributed by atoms with van der Waals surface area (Å²) in [5, 5.41) is 0. The standard InChI is InChI=1S/C18H23F2N5O/c1-12(2)18-21-6-3-15(23-18)24-7-4-13(5-8-24)10-25-11-22-14(17(19)20)9-16(25)26/h3,6,9,11-13,17H,4-5,7-8,10H2,1-2H3. The van der Waals surface area contributed by atoms with Gasteiger partial charge >= 0.3 is 0 Å². The molecule has 0 bridgehead atoms. The Morgan fingerprint density at radius 3 is 2.58 bits per heavy atom. The van der Waals surface area contributed by atoms with Gasteiger partial charge in [-0.05, 0) is 24.8 Å². The zero-order valence-corrected chi connectivity index (χ0v) is 15.0. The molecule has 0 amide bonds. The van der Waals surface area contributed by atoms with Crippen molar-refractivity contribution in [3.63, 3.8) is 0 Å². The molecule has 0 saturated carbocycles. The van der Waals surface area contributed by atoms with Gasteiger partial charge in [0.05, 0.1) is 6.33 Å². The number of piperidine rings is 1. The number of rotatable bonds is 5. The van der Waals surface area contributed by atoms with Gasteiger partial charge in [-0.1, -0.05) is 13.8 Å². The highest BCUT2D eigenvalue weighted by Gasteiger charge is 2.22. The predicted octanol–water partition coefficient (Wildman–Crippen LogP) is 3.01. The minimum Gasteiger partial charge on any atom is -0.356 e. The lowest BCUT2D eigenvalue weighted by Gasteiger charge is -2.33. The molecule has 6 nitrogen and oxygen atoms in total. The first-order chi connectivity index (χ1) is 12.4. The summed E-state index contributed by atoms with van der Waals surface area (Å²) in [5.74, 6) is 2.36. The molecule has 3 heterocycles. The lowest BCUT2D eigenvalue weighted by atomic mass is 9.96. The Bertz CT molecular complexity index is 800. The zero-order chi connectivity index (χ0) is 18.7. The maximum atomic E-state index is 12.6.